The Kier molecular flexibility index (Phi) is 3.93. The topological polar surface area (TPSA) is 9.23 Å². The zero-order valence-electron chi connectivity index (χ0n) is 8.79. The number of benzene rings is 2. The Morgan fingerprint density at radius 3 is 2.53 bits per heavy atom. The van der Waals surface area contributed by atoms with Crippen molar-refractivity contribution >= 4 is 22.6 Å². The van der Waals surface area contributed by atoms with Gasteiger partial charge in [0.2, 0.25) is 0 Å². The molecule has 4 heteroatoms. The molecule has 0 fully saturated rings. The van der Waals surface area contributed by atoms with Crippen molar-refractivity contribution in [3.8, 4) is 5.75 Å². The van der Waals surface area contributed by atoms with Crippen LogP contribution < -0.4 is 4.74 Å². The van der Waals surface area contributed by atoms with E-state index in [1.54, 1.807) is 0 Å². The highest BCUT2D eigenvalue weighted by atomic mass is 127. The van der Waals surface area contributed by atoms with Crippen molar-refractivity contribution in [3.63, 3.8) is 0 Å². The second-order valence-corrected chi connectivity index (χ2v) is 4.62. The lowest BCUT2D eigenvalue weighted by Gasteiger charge is -2.08. The van der Waals surface area contributed by atoms with Crippen molar-refractivity contribution in [2.75, 3.05) is 0 Å². The molecule has 0 N–H and O–H groups in total. The molecule has 0 atom stereocenters. The fraction of sp³-hybridized carbons (Fsp3) is 0.0769. The summed E-state index contributed by atoms with van der Waals surface area (Å²) in [4.78, 5) is 0. The fourth-order valence-corrected chi connectivity index (χ4v) is 1.90. The van der Waals surface area contributed by atoms with Gasteiger partial charge in [-0.15, -0.1) is 0 Å². The minimum absolute atomic E-state index is 0.0894. The Morgan fingerprint density at radius 2 is 1.82 bits per heavy atom. The van der Waals surface area contributed by atoms with E-state index in [0.717, 1.165) is 9.64 Å². The van der Waals surface area contributed by atoms with Crippen molar-refractivity contribution < 1.29 is 13.5 Å². The first kappa shape index (κ1) is 12.3. The van der Waals surface area contributed by atoms with Crippen molar-refractivity contribution in [1.82, 2.24) is 0 Å². The van der Waals surface area contributed by atoms with Crippen LogP contribution in [0.2, 0.25) is 0 Å². The summed E-state index contributed by atoms with van der Waals surface area (Å²) in [5, 5.41) is 0. The first-order valence-corrected chi connectivity index (χ1v) is 6.06. The molecule has 0 aliphatic heterocycles. The molecule has 0 radical (unpaired) electrons. The Morgan fingerprint density at radius 1 is 1.06 bits per heavy atom. The van der Waals surface area contributed by atoms with Crippen LogP contribution in [0.3, 0.4) is 0 Å². The lowest BCUT2D eigenvalue weighted by Crippen LogP contribution is -2.00. The second kappa shape index (κ2) is 5.44. The van der Waals surface area contributed by atoms with E-state index in [4.69, 9.17) is 4.74 Å². The average molecular weight is 346 g/mol. The van der Waals surface area contributed by atoms with Crippen LogP contribution in [-0.4, -0.2) is 0 Å². The molecule has 0 spiro atoms. The van der Waals surface area contributed by atoms with Gasteiger partial charge in [0.05, 0.1) is 3.57 Å². The normalized spacial score (nSPS) is 10.3. The molecule has 0 amide bonds. The van der Waals surface area contributed by atoms with Crippen LogP contribution >= 0.6 is 22.6 Å². The van der Waals surface area contributed by atoms with Crippen LogP contribution in [0.4, 0.5) is 8.78 Å². The molecular weight excluding hydrogens is 337 g/mol. The maximum Gasteiger partial charge on any atom is 0.133 e. The largest absolute Gasteiger partial charge is 0.488 e. The van der Waals surface area contributed by atoms with Gasteiger partial charge < -0.3 is 4.74 Å². The number of rotatable bonds is 3. The molecule has 0 saturated heterocycles. The summed E-state index contributed by atoms with van der Waals surface area (Å²) in [6.45, 7) is 0.0894. The number of hydrogen-bond donors (Lipinski definition) is 0. The minimum atomic E-state index is -0.587. The smallest absolute Gasteiger partial charge is 0.133 e. The van der Waals surface area contributed by atoms with Gasteiger partial charge in [-0.3, -0.25) is 0 Å². The van der Waals surface area contributed by atoms with E-state index in [0.29, 0.717) is 11.3 Å². The summed E-state index contributed by atoms with van der Waals surface area (Å²) >= 11 is 2.14. The molecule has 0 heterocycles. The maximum absolute atomic E-state index is 13.3. The SMILES string of the molecule is Fc1ccc(COc2ccccc2I)c(F)c1. The first-order valence-electron chi connectivity index (χ1n) is 4.98. The fourth-order valence-electron chi connectivity index (χ4n) is 1.36. The summed E-state index contributed by atoms with van der Waals surface area (Å²) in [6, 6.07) is 10.9. The van der Waals surface area contributed by atoms with Crippen LogP contribution in [-0.2, 0) is 6.61 Å². The van der Waals surface area contributed by atoms with Gasteiger partial charge in [-0.05, 0) is 46.9 Å². The summed E-state index contributed by atoms with van der Waals surface area (Å²) in [5.74, 6) is -0.478. The van der Waals surface area contributed by atoms with Crippen molar-refractivity contribution in [3.05, 3.63) is 63.2 Å². The van der Waals surface area contributed by atoms with Crippen molar-refractivity contribution in [1.29, 1.82) is 0 Å². The molecule has 2 aromatic rings. The number of halogens is 3. The van der Waals surface area contributed by atoms with Gasteiger partial charge in [0.1, 0.15) is 24.0 Å². The average Bonchev–Trinajstić information content (AvgIpc) is 2.30. The van der Waals surface area contributed by atoms with Crippen molar-refractivity contribution in [2.24, 2.45) is 0 Å². The summed E-state index contributed by atoms with van der Waals surface area (Å²) < 4.78 is 32.4. The van der Waals surface area contributed by atoms with Gasteiger partial charge in [-0.1, -0.05) is 12.1 Å². The van der Waals surface area contributed by atoms with Crippen LogP contribution in [0.1, 0.15) is 5.56 Å². The van der Waals surface area contributed by atoms with Gasteiger partial charge in [-0.25, -0.2) is 8.78 Å². The maximum atomic E-state index is 13.3. The summed E-state index contributed by atoms with van der Waals surface area (Å²) in [7, 11) is 0. The quantitative estimate of drug-likeness (QED) is 0.759. The third kappa shape index (κ3) is 3.15. The predicted molar refractivity (Wildman–Crippen MR) is 69.8 cm³/mol. The molecule has 2 aromatic carbocycles. The molecule has 0 unspecified atom stereocenters. The third-order valence-corrected chi connectivity index (χ3v) is 3.13. The van der Waals surface area contributed by atoms with E-state index in [1.807, 2.05) is 24.3 Å². The van der Waals surface area contributed by atoms with Gasteiger partial charge in [0, 0.05) is 11.6 Å². The van der Waals surface area contributed by atoms with Crippen LogP contribution in [0.15, 0.2) is 42.5 Å². The number of hydrogen-bond acceptors (Lipinski definition) is 1. The Hall–Kier alpha value is -1.17. The van der Waals surface area contributed by atoms with Gasteiger partial charge in [0.25, 0.3) is 0 Å². The zero-order valence-corrected chi connectivity index (χ0v) is 10.9. The van der Waals surface area contributed by atoms with Gasteiger partial charge in [-0.2, -0.15) is 0 Å². The van der Waals surface area contributed by atoms with E-state index in [2.05, 4.69) is 22.6 Å². The highest BCUT2D eigenvalue weighted by Gasteiger charge is 2.05. The molecule has 0 bridgehead atoms. The highest BCUT2D eigenvalue weighted by Crippen LogP contribution is 2.21. The first-order chi connectivity index (χ1) is 8.16. The molecule has 0 saturated carbocycles. The molecule has 0 aliphatic rings. The monoisotopic (exact) mass is 346 g/mol. The predicted octanol–water partition coefficient (Wildman–Crippen LogP) is 4.15. The van der Waals surface area contributed by atoms with Gasteiger partial charge in [0.15, 0.2) is 0 Å². The molecule has 17 heavy (non-hydrogen) atoms. The van der Waals surface area contributed by atoms with Crippen LogP contribution in [0, 0.1) is 15.2 Å². The van der Waals surface area contributed by atoms with Crippen LogP contribution in [0.25, 0.3) is 0 Å². The Bertz CT molecular complexity index is 529. The number of para-hydroxylation sites is 1. The molecule has 0 aromatic heterocycles. The lowest BCUT2D eigenvalue weighted by atomic mass is 10.2. The third-order valence-electron chi connectivity index (χ3n) is 2.23. The van der Waals surface area contributed by atoms with Gasteiger partial charge >= 0.3 is 0 Å². The lowest BCUT2D eigenvalue weighted by molar-refractivity contribution is 0.297. The highest BCUT2D eigenvalue weighted by molar-refractivity contribution is 14.1. The Balaban J connectivity index is 2.10. The van der Waals surface area contributed by atoms with E-state index in [-0.39, 0.29) is 6.61 Å². The van der Waals surface area contributed by atoms with E-state index in [1.165, 1.54) is 12.1 Å². The van der Waals surface area contributed by atoms with E-state index >= 15 is 0 Å². The standard InChI is InChI=1S/C13H9F2IO/c14-10-6-5-9(11(15)7-10)8-17-13-4-2-1-3-12(13)16/h1-7H,8H2. The minimum Gasteiger partial charge on any atom is -0.488 e. The summed E-state index contributed by atoms with van der Waals surface area (Å²) in [5.41, 5.74) is 0.339. The number of ether oxygens (including phenoxy) is 1. The molecule has 88 valence electrons. The molecular formula is C13H9F2IO. The van der Waals surface area contributed by atoms with Crippen LogP contribution in [0.5, 0.6) is 5.75 Å². The summed E-state index contributed by atoms with van der Waals surface area (Å²) in [6.07, 6.45) is 0. The molecule has 2 rings (SSSR count). The molecule has 0 aliphatic carbocycles. The molecule has 1 nitrogen and oxygen atoms in total. The van der Waals surface area contributed by atoms with Crippen molar-refractivity contribution in [2.45, 2.75) is 6.61 Å². The zero-order chi connectivity index (χ0) is 12.3. The second-order valence-electron chi connectivity index (χ2n) is 3.45. The van der Waals surface area contributed by atoms with E-state index in [9.17, 15) is 8.78 Å². The Labute approximate surface area is 112 Å². The van der Waals surface area contributed by atoms with E-state index < -0.39 is 11.6 Å².